The van der Waals surface area contributed by atoms with E-state index in [9.17, 15) is 4.79 Å². The van der Waals surface area contributed by atoms with E-state index in [0.717, 1.165) is 16.0 Å². The van der Waals surface area contributed by atoms with E-state index in [0.29, 0.717) is 17.8 Å². The number of aromatic nitrogens is 3. The standard InChI is InChI=1S/C17H20N4O2S/c1-5-23-20-17(22)12-8-14(15-7-6-11(4)24-15)19-16-13(12)9-18-21(16)10(2)3/h6-10H,5H2,1-4H3,(H,20,22). The Morgan fingerprint density at radius 3 is 2.83 bits per heavy atom. The number of amides is 1. The fourth-order valence-corrected chi connectivity index (χ4v) is 3.30. The molecule has 0 aliphatic carbocycles. The number of nitrogens with one attached hydrogen (secondary N) is 1. The van der Waals surface area contributed by atoms with Crippen molar-refractivity contribution in [3.63, 3.8) is 0 Å². The van der Waals surface area contributed by atoms with Crippen molar-refractivity contribution in [2.45, 2.75) is 33.7 Å². The lowest BCUT2D eigenvalue weighted by Crippen LogP contribution is -2.24. The SMILES string of the molecule is CCONC(=O)c1cc(-c2ccc(C)s2)nc2c1cnn2C(C)C. The second-order valence-corrected chi connectivity index (χ2v) is 7.04. The molecule has 1 amide bonds. The zero-order valence-corrected chi connectivity index (χ0v) is 15.0. The van der Waals surface area contributed by atoms with Gasteiger partial charge in [0.1, 0.15) is 0 Å². The molecule has 0 saturated carbocycles. The van der Waals surface area contributed by atoms with Crippen LogP contribution in [0.2, 0.25) is 0 Å². The zero-order chi connectivity index (χ0) is 17.3. The normalized spacial score (nSPS) is 11.4. The van der Waals surface area contributed by atoms with E-state index in [1.54, 1.807) is 23.6 Å². The second kappa shape index (κ2) is 6.70. The van der Waals surface area contributed by atoms with Crippen LogP contribution in [-0.4, -0.2) is 27.3 Å². The van der Waals surface area contributed by atoms with Crippen LogP contribution in [0.3, 0.4) is 0 Å². The van der Waals surface area contributed by atoms with Crippen molar-refractivity contribution >= 4 is 28.3 Å². The number of hydrogen-bond donors (Lipinski definition) is 1. The first kappa shape index (κ1) is 16.6. The Morgan fingerprint density at radius 1 is 1.42 bits per heavy atom. The summed E-state index contributed by atoms with van der Waals surface area (Å²) in [6, 6.07) is 6.02. The Kier molecular flexibility index (Phi) is 4.64. The van der Waals surface area contributed by atoms with E-state index in [1.807, 2.05) is 44.5 Å². The monoisotopic (exact) mass is 344 g/mol. The average Bonchev–Trinajstić information content (AvgIpc) is 3.17. The van der Waals surface area contributed by atoms with Crippen molar-refractivity contribution in [1.29, 1.82) is 0 Å². The van der Waals surface area contributed by atoms with Gasteiger partial charge in [0.25, 0.3) is 5.91 Å². The predicted octanol–water partition coefficient (Wildman–Crippen LogP) is 3.73. The van der Waals surface area contributed by atoms with E-state index >= 15 is 0 Å². The smallest absolute Gasteiger partial charge is 0.274 e. The fourth-order valence-electron chi connectivity index (χ4n) is 2.47. The highest BCUT2D eigenvalue weighted by molar-refractivity contribution is 7.15. The molecule has 3 aromatic rings. The molecular weight excluding hydrogens is 324 g/mol. The Labute approximate surface area is 144 Å². The van der Waals surface area contributed by atoms with Crippen molar-refractivity contribution in [2.24, 2.45) is 0 Å². The maximum Gasteiger partial charge on any atom is 0.275 e. The number of hydrogen-bond acceptors (Lipinski definition) is 5. The van der Waals surface area contributed by atoms with Crippen molar-refractivity contribution in [3.8, 4) is 10.6 Å². The molecule has 1 N–H and O–H groups in total. The third kappa shape index (κ3) is 3.05. The van der Waals surface area contributed by atoms with E-state index in [-0.39, 0.29) is 11.9 Å². The van der Waals surface area contributed by atoms with Gasteiger partial charge in [-0.3, -0.25) is 9.63 Å². The highest BCUT2D eigenvalue weighted by Crippen LogP contribution is 2.30. The summed E-state index contributed by atoms with van der Waals surface area (Å²) in [5, 5.41) is 5.12. The Bertz CT molecular complexity index is 882. The molecule has 3 rings (SSSR count). The van der Waals surface area contributed by atoms with Crippen LogP contribution in [0.4, 0.5) is 0 Å². The molecule has 3 heterocycles. The third-order valence-electron chi connectivity index (χ3n) is 3.60. The summed E-state index contributed by atoms with van der Waals surface area (Å²) >= 11 is 1.65. The maximum absolute atomic E-state index is 12.5. The number of nitrogens with zero attached hydrogens (tertiary/aromatic N) is 3. The van der Waals surface area contributed by atoms with Gasteiger partial charge in [0.05, 0.1) is 34.3 Å². The summed E-state index contributed by atoms with van der Waals surface area (Å²) in [5.74, 6) is -0.290. The number of carbonyl (C=O) groups excluding carboxylic acids is 1. The Balaban J connectivity index is 2.19. The van der Waals surface area contributed by atoms with Gasteiger partial charge < -0.3 is 0 Å². The first-order valence-electron chi connectivity index (χ1n) is 7.88. The summed E-state index contributed by atoms with van der Waals surface area (Å²) in [5.41, 5.74) is 4.45. The molecule has 0 atom stereocenters. The first-order valence-corrected chi connectivity index (χ1v) is 8.70. The largest absolute Gasteiger partial charge is 0.275 e. The molecule has 0 radical (unpaired) electrons. The molecule has 3 aromatic heterocycles. The molecule has 0 aromatic carbocycles. The molecule has 0 spiro atoms. The molecule has 6 nitrogen and oxygen atoms in total. The molecule has 0 fully saturated rings. The van der Waals surface area contributed by atoms with Gasteiger partial charge in [-0.25, -0.2) is 15.1 Å². The molecule has 0 aliphatic heterocycles. The van der Waals surface area contributed by atoms with Crippen LogP contribution in [0.15, 0.2) is 24.4 Å². The summed E-state index contributed by atoms with van der Waals surface area (Å²) in [4.78, 5) is 24.5. The van der Waals surface area contributed by atoms with Gasteiger partial charge in [-0.15, -0.1) is 11.3 Å². The second-order valence-electron chi connectivity index (χ2n) is 5.75. The zero-order valence-electron chi connectivity index (χ0n) is 14.2. The maximum atomic E-state index is 12.5. The summed E-state index contributed by atoms with van der Waals surface area (Å²) in [7, 11) is 0. The quantitative estimate of drug-likeness (QED) is 0.716. The van der Waals surface area contributed by atoms with Crippen LogP contribution in [0.5, 0.6) is 0 Å². The summed E-state index contributed by atoms with van der Waals surface area (Å²) < 4.78 is 1.83. The van der Waals surface area contributed by atoms with Gasteiger partial charge in [-0.05, 0) is 45.9 Å². The Morgan fingerprint density at radius 2 is 2.21 bits per heavy atom. The molecule has 0 saturated heterocycles. The van der Waals surface area contributed by atoms with E-state index < -0.39 is 0 Å². The highest BCUT2D eigenvalue weighted by Gasteiger charge is 2.19. The number of fused-ring (bicyclic) bond motifs is 1. The van der Waals surface area contributed by atoms with Crippen LogP contribution in [-0.2, 0) is 4.84 Å². The molecular formula is C17H20N4O2S. The first-order chi connectivity index (χ1) is 11.5. The minimum absolute atomic E-state index is 0.151. The summed E-state index contributed by atoms with van der Waals surface area (Å²) in [6.45, 7) is 8.35. The highest BCUT2D eigenvalue weighted by atomic mass is 32.1. The lowest BCUT2D eigenvalue weighted by Gasteiger charge is -2.10. The number of rotatable bonds is 5. The van der Waals surface area contributed by atoms with Crippen LogP contribution in [0.25, 0.3) is 21.6 Å². The van der Waals surface area contributed by atoms with Gasteiger partial charge in [-0.1, -0.05) is 0 Å². The third-order valence-corrected chi connectivity index (χ3v) is 4.63. The molecule has 126 valence electrons. The number of aryl methyl sites for hydroxylation is 1. The van der Waals surface area contributed by atoms with Gasteiger partial charge in [0.15, 0.2) is 5.65 Å². The predicted molar refractivity (Wildman–Crippen MR) is 95.1 cm³/mol. The van der Waals surface area contributed by atoms with Crippen LogP contribution in [0, 0.1) is 6.92 Å². The van der Waals surface area contributed by atoms with Crippen molar-refractivity contribution in [3.05, 3.63) is 34.8 Å². The molecule has 0 aliphatic rings. The number of hydroxylamine groups is 1. The van der Waals surface area contributed by atoms with Gasteiger partial charge >= 0.3 is 0 Å². The lowest BCUT2D eigenvalue weighted by molar-refractivity contribution is 0.0366. The fraction of sp³-hybridized carbons (Fsp3) is 0.353. The van der Waals surface area contributed by atoms with Gasteiger partial charge in [-0.2, -0.15) is 5.10 Å². The molecule has 0 unspecified atom stereocenters. The van der Waals surface area contributed by atoms with Crippen LogP contribution < -0.4 is 5.48 Å². The van der Waals surface area contributed by atoms with Crippen molar-refractivity contribution in [2.75, 3.05) is 6.61 Å². The topological polar surface area (TPSA) is 69.0 Å². The summed E-state index contributed by atoms with van der Waals surface area (Å²) in [6.07, 6.45) is 1.69. The van der Waals surface area contributed by atoms with Crippen LogP contribution >= 0.6 is 11.3 Å². The molecule has 24 heavy (non-hydrogen) atoms. The van der Waals surface area contributed by atoms with E-state index in [4.69, 9.17) is 9.82 Å². The van der Waals surface area contributed by atoms with E-state index in [2.05, 4.69) is 10.6 Å². The minimum atomic E-state index is -0.290. The molecule has 0 bridgehead atoms. The number of carbonyl (C=O) groups is 1. The number of pyridine rings is 1. The van der Waals surface area contributed by atoms with Crippen LogP contribution in [0.1, 0.15) is 42.0 Å². The minimum Gasteiger partial charge on any atom is -0.274 e. The number of thiophene rings is 1. The van der Waals surface area contributed by atoms with Gasteiger partial charge in [0, 0.05) is 10.9 Å². The lowest BCUT2D eigenvalue weighted by atomic mass is 10.1. The molecule has 7 heteroatoms. The van der Waals surface area contributed by atoms with Crippen molar-refractivity contribution < 1.29 is 9.63 Å². The average molecular weight is 344 g/mol. The Hall–Kier alpha value is -2.25. The van der Waals surface area contributed by atoms with Crippen molar-refractivity contribution in [1.82, 2.24) is 20.2 Å². The van der Waals surface area contributed by atoms with E-state index in [1.165, 1.54) is 4.88 Å². The van der Waals surface area contributed by atoms with Gasteiger partial charge in [0.2, 0.25) is 0 Å².